The SMILES string of the molecule is Cc1ccc(NC(=O)N2CCn3cccc3[C@H]2c2cccc(F)c2)cc1. The molecule has 1 aliphatic heterocycles. The van der Waals surface area contributed by atoms with E-state index in [-0.39, 0.29) is 17.9 Å². The second-order valence-corrected chi connectivity index (χ2v) is 6.57. The van der Waals surface area contributed by atoms with Crippen LogP contribution in [-0.2, 0) is 6.54 Å². The number of anilines is 1. The maximum Gasteiger partial charge on any atom is 0.322 e. The Morgan fingerprint density at radius 2 is 1.88 bits per heavy atom. The summed E-state index contributed by atoms with van der Waals surface area (Å²) in [7, 11) is 0. The number of urea groups is 1. The number of carbonyl (C=O) groups excluding carboxylic acids is 1. The molecule has 1 aliphatic rings. The third kappa shape index (κ3) is 3.08. The highest BCUT2D eigenvalue weighted by Gasteiger charge is 2.32. The predicted molar refractivity (Wildman–Crippen MR) is 99.6 cm³/mol. The molecule has 1 N–H and O–H groups in total. The van der Waals surface area contributed by atoms with Crippen molar-refractivity contribution in [3.05, 3.63) is 89.5 Å². The summed E-state index contributed by atoms with van der Waals surface area (Å²) < 4.78 is 15.9. The number of nitrogens with one attached hydrogen (secondary N) is 1. The fourth-order valence-corrected chi connectivity index (χ4v) is 3.46. The second kappa shape index (κ2) is 6.67. The molecule has 0 spiro atoms. The molecule has 2 amide bonds. The van der Waals surface area contributed by atoms with Crippen LogP contribution in [0.15, 0.2) is 66.9 Å². The maximum absolute atomic E-state index is 13.8. The Balaban J connectivity index is 1.67. The normalized spacial score (nSPS) is 16.2. The molecule has 1 atom stereocenters. The Labute approximate surface area is 151 Å². The molecular weight excluding hydrogens is 329 g/mol. The monoisotopic (exact) mass is 349 g/mol. The zero-order valence-electron chi connectivity index (χ0n) is 14.5. The number of amides is 2. The van der Waals surface area contributed by atoms with E-state index in [1.807, 2.05) is 55.6 Å². The minimum atomic E-state index is -0.320. The van der Waals surface area contributed by atoms with Gasteiger partial charge in [-0.25, -0.2) is 9.18 Å². The van der Waals surface area contributed by atoms with E-state index in [1.54, 1.807) is 11.0 Å². The van der Waals surface area contributed by atoms with E-state index in [9.17, 15) is 9.18 Å². The van der Waals surface area contributed by atoms with Gasteiger partial charge < -0.3 is 14.8 Å². The van der Waals surface area contributed by atoms with Gasteiger partial charge in [-0.2, -0.15) is 0 Å². The topological polar surface area (TPSA) is 37.3 Å². The van der Waals surface area contributed by atoms with Crippen LogP contribution in [0.2, 0.25) is 0 Å². The first-order chi connectivity index (χ1) is 12.6. The first-order valence-electron chi connectivity index (χ1n) is 8.66. The summed E-state index contributed by atoms with van der Waals surface area (Å²) >= 11 is 0. The zero-order chi connectivity index (χ0) is 18.1. The van der Waals surface area contributed by atoms with Gasteiger partial charge in [-0.05, 0) is 48.9 Å². The molecule has 26 heavy (non-hydrogen) atoms. The Hall–Kier alpha value is -3.08. The van der Waals surface area contributed by atoms with Crippen molar-refractivity contribution in [1.29, 1.82) is 0 Å². The molecule has 4 nitrogen and oxygen atoms in total. The smallest absolute Gasteiger partial charge is 0.322 e. The highest BCUT2D eigenvalue weighted by atomic mass is 19.1. The number of aromatic nitrogens is 1. The van der Waals surface area contributed by atoms with Crippen molar-refractivity contribution in [1.82, 2.24) is 9.47 Å². The Bertz CT molecular complexity index is 932. The van der Waals surface area contributed by atoms with Gasteiger partial charge in [0.15, 0.2) is 0 Å². The van der Waals surface area contributed by atoms with Gasteiger partial charge >= 0.3 is 6.03 Å². The van der Waals surface area contributed by atoms with Crippen LogP contribution >= 0.6 is 0 Å². The van der Waals surface area contributed by atoms with Crippen molar-refractivity contribution in [3.63, 3.8) is 0 Å². The summed E-state index contributed by atoms with van der Waals surface area (Å²) in [4.78, 5) is 14.7. The summed E-state index contributed by atoms with van der Waals surface area (Å²) in [6.07, 6.45) is 2.00. The number of rotatable bonds is 2. The van der Waals surface area contributed by atoms with Crippen LogP contribution in [0.25, 0.3) is 0 Å². The van der Waals surface area contributed by atoms with Gasteiger partial charge in [0.1, 0.15) is 5.82 Å². The number of hydrogen-bond acceptors (Lipinski definition) is 1. The van der Waals surface area contributed by atoms with Crippen molar-refractivity contribution in [2.24, 2.45) is 0 Å². The molecule has 3 aromatic rings. The third-order valence-electron chi connectivity index (χ3n) is 4.77. The molecule has 0 saturated heterocycles. The van der Waals surface area contributed by atoms with E-state index in [0.717, 1.165) is 29.1 Å². The van der Waals surface area contributed by atoms with Crippen molar-refractivity contribution < 1.29 is 9.18 Å². The summed E-state index contributed by atoms with van der Waals surface area (Å²) in [5.74, 6) is -0.301. The lowest BCUT2D eigenvalue weighted by molar-refractivity contribution is 0.181. The van der Waals surface area contributed by atoms with Crippen molar-refractivity contribution >= 4 is 11.7 Å². The second-order valence-electron chi connectivity index (χ2n) is 6.57. The van der Waals surface area contributed by atoms with Gasteiger partial charge in [-0.3, -0.25) is 0 Å². The van der Waals surface area contributed by atoms with Crippen LogP contribution in [0.3, 0.4) is 0 Å². The minimum Gasteiger partial charge on any atom is -0.348 e. The van der Waals surface area contributed by atoms with Gasteiger partial charge in [0, 0.05) is 30.7 Å². The van der Waals surface area contributed by atoms with Crippen LogP contribution in [0, 0.1) is 12.7 Å². The third-order valence-corrected chi connectivity index (χ3v) is 4.77. The van der Waals surface area contributed by atoms with Crippen LogP contribution in [0.1, 0.15) is 22.9 Å². The Morgan fingerprint density at radius 3 is 2.65 bits per heavy atom. The highest BCUT2D eigenvalue weighted by Crippen LogP contribution is 2.33. The number of aryl methyl sites for hydroxylation is 1. The predicted octanol–water partition coefficient (Wildman–Crippen LogP) is 4.57. The molecule has 5 heteroatoms. The van der Waals surface area contributed by atoms with Gasteiger partial charge in [0.2, 0.25) is 0 Å². The number of carbonyl (C=O) groups is 1. The van der Waals surface area contributed by atoms with Crippen LogP contribution in [0.4, 0.5) is 14.9 Å². The molecule has 0 saturated carbocycles. The standard InChI is InChI=1S/C21H20FN3O/c1-15-7-9-18(10-8-15)23-21(26)25-13-12-24-11-3-6-19(24)20(25)16-4-2-5-17(22)14-16/h2-11,14,20H,12-13H2,1H3,(H,23,26)/t20-/m1/s1. The van der Waals surface area contributed by atoms with E-state index in [4.69, 9.17) is 0 Å². The van der Waals surface area contributed by atoms with Crippen molar-refractivity contribution in [3.8, 4) is 0 Å². The number of nitrogens with zero attached hydrogens (tertiary/aromatic N) is 2. The molecule has 4 rings (SSSR count). The fourth-order valence-electron chi connectivity index (χ4n) is 3.46. The highest BCUT2D eigenvalue weighted by molar-refractivity contribution is 5.90. The molecule has 0 radical (unpaired) electrons. The maximum atomic E-state index is 13.8. The Morgan fingerprint density at radius 1 is 1.08 bits per heavy atom. The quantitative estimate of drug-likeness (QED) is 0.723. The van der Waals surface area contributed by atoms with E-state index < -0.39 is 0 Å². The van der Waals surface area contributed by atoms with Crippen LogP contribution in [-0.4, -0.2) is 22.0 Å². The molecular formula is C21H20FN3O. The zero-order valence-corrected chi connectivity index (χ0v) is 14.5. The first-order valence-corrected chi connectivity index (χ1v) is 8.66. The summed E-state index contributed by atoms with van der Waals surface area (Å²) in [5.41, 5.74) is 3.64. The summed E-state index contributed by atoms with van der Waals surface area (Å²) in [6.45, 7) is 3.28. The van der Waals surface area contributed by atoms with Crippen molar-refractivity contribution in [2.75, 3.05) is 11.9 Å². The van der Waals surface area contributed by atoms with Gasteiger partial charge in [0.25, 0.3) is 0 Å². The fraction of sp³-hybridized carbons (Fsp3) is 0.190. The van der Waals surface area contributed by atoms with Crippen molar-refractivity contribution in [2.45, 2.75) is 19.5 Å². The molecule has 0 fully saturated rings. The summed E-state index contributed by atoms with van der Waals surface area (Å²) in [6, 6.07) is 17.6. The van der Waals surface area contributed by atoms with E-state index >= 15 is 0 Å². The molecule has 0 unspecified atom stereocenters. The summed E-state index contributed by atoms with van der Waals surface area (Å²) in [5, 5.41) is 2.96. The number of fused-ring (bicyclic) bond motifs is 1. The molecule has 2 aromatic carbocycles. The Kier molecular flexibility index (Phi) is 4.21. The number of hydrogen-bond donors (Lipinski definition) is 1. The van der Waals surface area contributed by atoms with E-state index in [0.29, 0.717) is 6.54 Å². The largest absolute Gasteiger partial charge is 0.348 e. The number of benzene rings is 2. The lowest BCUT2D eigenvalue weighted by Crippen LogP contribution is -2.44. The molecule has 1 aromatic heterocycles. The van der Waals surface area contributed by atoms with Gasteiger partial charge in [0.05, 0.1) is 6.04 Å². The molecule has 2 heterocycles. The van der Waals surface area contributed by atoms with Gasteiger partial charge in [-0.1, -0.05) is 29.8 Å². The van der Waals surface area contributed by atoms with Gasteiger partial charge in [-0.15, -0.1) is 0 Å². The van der Waals surface area contributed by atoms with Crippen LogP contribution < -0.4 is 5.32 Å². The average Bonchev–Trinajstić information content (AvgIpc) is 3.11. The lowest BCUT2D eigenvalue weighted by Gasteiger charge is -2.37. The van der Waals surface area contributed by atoms with Crippen LogP contribution in [0.5, 0.6) is 0 Å². The molecule has 0 aliphatic carbocycles. The van der Waals surface area contributed by atoms with E-state index in [2.05, 4.69) is 9.88 Å². The minimum absolute atomic E-state index is 0.185. The lowest BCUT2D eigenvalue weighted by atomic mass is 10.00. The molecule has 132 valence electrons. The average molecular weight is 349 g/mol. The molecule has 0 bridgehead atoms. The number of halogens is 1. The first kappa shape index (κ1) is 16.4. The van der Waals surface area contributed by atoms with E-state index in [1.165, 1.54) is 12.1 Å².